The molecule has 2 aliphatic carbocycles. The van der Waals surface area contributed by atoms with Crippen molar-refractivity contribution in [3.63, 3.8) is 0 Å². The van der Waals surface area contributed by atoms with Crippen LogP contribution in [0.1, 0.15) is 47.2 Å². The zero-order chi connectivity index (χ0) is 38.8. The van der Waals surface area contributed by atoms with E-state index in [1.165, 1.54) is 57.3 Å². The molecular weight excluding hydrogens is 763 g/mol. The summed E-state index contributed by atoms with van der Waals surface area (Å²) >= 11 is 14.4. The van der Waals surface area contributed by atoms with Gasteiger partial charge in [0.2, 0.25) is 23.6 Å². The van der Waals surface area contributed by atoms with Gasteiger partial charge in [-0.05, 0) is 98.2 Å². The topological polar surface area (TPSA) is 150 Å². The fraction of sp³-hybridized carbons (Fsp3) is 0.268. The normalized spacial score (nSPS) is 26.1. The number of carbonyl (C=O) groups excluding carboxylic acids is 4. The Morgan fingerprint density at radius 2 is 1.67 bits per heavy atom. The average molecular weight is 796 g/mol. The molecule has 2 aromatic heterocycles. The van der Waals surface area contributed by atoms with E-state index in [0.29, 0.717) is 26.9 Å². The number of hydrogen-bond donors (Lipinski definition) is 2. The lowest BCUT2D eigenvalue weighted by atomic mass is 9.51. The van der Waals surface area contributed by atoms with Crippen LogP contribution in [-0.4, -0.2) is 49.6 Å². The summed E-state index contributed by atoms with van der Waals surface area (Å²) in [5.74, 6) is -7.12. The summed E-state index contributed by atoms with van der Waals surface area (Å²) in [6.45, 7) is 3.71. The van der Waals surface area contributed by atoms with Gasteiger partial charge in [0, 0.05) is 39.3 Å². The number of thiophene rings is 1. The van der Waals surface area contributed by atoms with E-state index in [9.17, 15) is 29.4 Å². The van der Waals surface area contributed by atoms with Crippen molar-refractivity contribution in [1.82, 2.24) is 9.78 Å². The second kappa shape index (κ2) is 12.4. The van der Waals surface area contributed by atoms with E-state index in [-0.39, 0.29) is 35.7 Å². The summed E-state index contributed by atoms with van der Waals surface area (Å²) in [5.41, 5.74) is 1.21. The number of hydrogen-bond acceptors (Lipinski definition) is 8. The molecule has 14 heteroatoms. The molecule has 9 rings (SSSR count). The highest BCUT2D eigenvalue weighted by atomic mass is 35.5. The van der Waals surface area contributed by atoms with E-state index in [4.69, 9.17) is 28.3 Å². The molecule has 278 valence electrons. The minimum Gasteiger partial charge on any atom is -0.508 e. The van der Waals surface area contributed by atoms with Gasteiger partial charge in [-0.15, -0.1) is 11.3 Å². The van der Waals surface area contributed by atoms with Crippen molar-refractivity contribution in [3.8, 4) is 16.3 Å². The van der Waals surface area contributed by atoms with Crippen LogP contribution < -0.4 is 9.80 Å². The summed E-state index contributed by atoms with van der Waals surface area (Å²) in [6, 6.07) is 17.6. The number of fused-ring (bicyclic) bond motifs is 5. The van der Waals surface area contributed by atoms with Crippen molar-refractivity contribution in [2.75, 3.05) is 9.80 Å². The fourth-order valence-corrected chi connectivity index (χ4v) is 11.1. The molecule has 0 bridgehead atoms. The third-order valence-electron chi connectivity index (χ3n) is 12.1. The second-order valence-corrected chi connectivity index (χ2v) is 16.9. The predicted molar refractivity (Wildman–Crippen MR) is 207 cm³/mol. The first-order valence-electron chi connectivity index (χ1n) is 17.7. The Bertz CT molecular complexity index is 2610. The number of halogens is 2. The van der Waals surface area contributed by atoms with Crippen molar-refractivity contribution < 1.29 is 34.2 Å². The molecule has 5 aromatic rings. The van der Waals surface area contributed by atoms with Gasteiger partial charge >= 0.3 is 5.97 Å². The number of amides is 4. The van der Waals surface area contributed by atoms with Gasteiger partial charge < -0.3 is 10.2 Å². The molecule has 1 saturated carbocycles. The van der Waals surface area contributed by atoms with Crippen LogP contribution in [0.25, 0.3) is 20.7 Å². The van der Waals surface area contributed by atoms with E-state index in [1.807, 2.05) is 31.2 Å². The number of phenols is 1. The number of carboxylic acids is 1. The Kier molecular flexibility index (Phi) is 7.95. The number of aryl methyl sites for hydroxylation is 2. The summed E-state index contributed by atoms with van der Waals surface area (Å²) in [7, 11) is 1.67. The largest absolute Gasteiger partial charge is 0.508 e. The summed E-state index contributed by atoms with van der Waals surface area (Å²) in [6.07, 6.45) is 2.14. The molecule has 4 amide bonds. The number of aromatic nitrogens is 2. The maximum Gasteiger partial charge on any atom is 0.335 e. The van der Waals surface area contributed by atoms with Gasteiger partial charge in [-0.25, -0.2) is 9.69 Å². The van der Waals surface area contributed by atoms with Crippen molar-refractivity contribution in [2.45, 2.75) is 32.6 Å². The first-order chi connectivity index (χ1) is 26.2. The minimum atomic E-state index is -1.43. The highest BCUT2D eigenvalue weighted by molar-refractivity contribution is 7.22. The number of carbonyl (C=O) groups is 5. The molecule has 2 saturated heterocycles. The number of aromatic carboxylic acids is 1. The van der Waals surface area contributed by atoms with Gasteiger partial charge in [0.15, 0.2) is 0 Å². The van der Waals surface area contributed by atoms with Crippen molar-refractivity contribution in [2.24, 2.45) is 36.1 Å². The number of imide groups is 2. The Labute approximate surface area is 328 Å². The van der Waals surface area contributed by atoms with Crippen LogP contribution in [0, 0.1) is 36.0 Å². The number of rotatable bonds is 5. The van der Waals surface area contributed by atoms with Crippen molar-refractivity contribution in [3.05, 3.63) is 105 Å². The quantitative estimate of drug-likeness (QED) is 0.135. The van der Waals surface area contributed by atoms with Crippen LogP contribution in [-0.2, 0) is 26.2 Å². The zero-order valence-electron chi connectivity index (χ0n) is 29.6. The third kappa shape index (κ3) is 5.00. The van der Waals surface area contributed by atoms with E-state index < -0.39 is 64.6 Å². The number of carboxylic acid groups (broad SMARTS) is 1. The molecule has 4 aliphatic rings. The fourth-order valence-electron chi connectivity index (χ4n) is 9.58. The molecule has 0 radical (unpaired) electrons. The van der Waals surface area contributed by atoms with Gasteiger partial charge in [0.25, 0.3) is 0 Å². The molecule has 11 nitrogen and oxygen atoms in total. The summed E-state index contributed by atoms with van der Waals surface area (Å²) < 4.78 is 2.53. The van der Waals surface area contributed by atoms with Crippen LogP contribution >= 0.6 is 34.5 Å². The molecule has 6 atom stereocenters. The van der Waals surface area contributed by atoms with Crippen molar-refractivity contribution in [1.29, 1.82) is 0 Å². The van der Waals surface area contributed by atoms with Gasteiger partial charge in [-0.2, -0.15) is 5.10 Å². The predicted octanol–water partition coefficient (Wildman–Crippen LogP) is 7.76. The summed E-state index contributed by atoms with van der Waals surface area (Å²) in [4.78, 5) is 73.2. The van der Waals surface area contributed by atoms with Gasteiger partial charge in [0.1, 0.15) is 17.3 Å². The van der Waals surface area contributed by atoms with Crippen LogP contribution in [0.2, 0.25) is 10.0 Å². The maximum absolute atomic E-state index is 15.1. The monoisotopic (exact) mass is 794 g/mol. The molecule has 3 fully saturated rings. The van der Waals surface area contributed by atoms with Crippen LogP contribution in [0.15, 0.2) is 78.4 Å². The minimum absolute atomic E-state index is 0.0721. The smallest absolute Gasteiger partial charge is 0.335 e. The van der Waals surface area contributed by atoms with E-state index in [2.05, 4.69) is 0 Å². The van der Waals surface area contributed by atoms with Crippen LogP contribution in [0.4, 0.5) is 11.5 Å². The SMILES string of the molecule is Cc1c(-c2cc(N3C(=O)C4CC5C(=CCC6C(=O)N(c7cccc(C(=O)O)c7)C(=O)C65)C(c5cc(Cl)ccc5O)C4(C)C3=O)n(C)n2)sc2ccc(Cl)cc12. The molecule has 2 aliphatic heterocycles. The zero-order valence-corrected chi connectivity index (χ0v) is 31.9. The molecule has 4 heterocycles. The molecule has 0 spiro atoms. The number of anilines is 2. The van der Waals surface area contributed by atoms with Crippen LogP contribution in [0.5, 0.6) is 5.75 Å². The van der Waals surface area contributed by atoms with Gasteiger partial charge in [0.05, 0.1) is 39.3 Å². The van der Waals surface area contributed by atoms with Crippen LogP contribution in [0.3, 0.4) is 0 Å². The Hall–Kier alpha value is -5.30. The van der Waals surface area contributed by atoms with Crippen molar-refractivity contribution >= 4 is 85.7 Å². The molecule has 55 heavy (non-hydrogen) atoms. The third-order valence-corrected chi connectivity index (χ3v) is 13.9. The lowest BCUT2D eigenvalue weighted by Gasteiger charge is -2.49. The lowest BCUT2D eigenvalue weighted by Crippen LogP contribution is -2.49. The standard InChI is InChI=1S/C41H32Cl2N4O7S/c1-18-25-14-21(43)8-12-31(25)55-35(18)29-17-32(45(3)44-29)47-37(50)28-16-26-23(34(41(28,2)40(47)54)27-15-20(42)7-11-30(27)48)9-10-24-33(26)38(51)46(36(24)49)22-6-4-5-19(13-22)39(52)53/h4-9,11-15,17,24,26,28,33-34,48H,10,16H2,1-3H3,(H,52,53). The number of phenolic OH excluding ortho intramolecular Hbond substituents is 1. The molecular formula is C41H32Cl2N4O7S. The Morgan fingerprint density at radius 1 is 0.927 bits per heavy atom. The first kappa shape index (κ1) is 35.4. The Balaban J connectivity index is 1.15. The molecule has 3 aromatic carbocycles. The average Bonchev–Trinajstić information content (AvgIpc) is 3.82. The highest BCUT2D eigenvalue weighted by Gasteiger charge is 2.68. The van der Waals surface area contributed by atoms with E-state index in [0.717, 1.165) is 25.4 Å². The highest BCUT2D eigenvalue weighted by Crippen LogP contribution is 2.64. The summed E-state index contributed by atoms with van der Waals surface area (Å²) in [5, 5.41) is 27.6. The lowest BCUT2D eigenvalue weighted by molar-refractivity contribution is -0.131. The van der Waals surface area contributed by atoms with Gasteiger partial charge in [-0.1, -0.05) is 40.9 Å². The Morgan fingerprint density at radius 3 is 2.44 bits per heavy atom. The first-order valence-corrected chi connectivity index (χ1v) is 19.3. The maximum atomic E-state index is 15.1. The second-order valence-electron chi connectivity index (χ2n) is 14.9. The van der Waals surface area contributed by atoms with Gasteiger partial charge in [-0.3, -0.25) is 28.8 Å². The number of benzene rings is 3. The number of aromatic hydroxyl groups is 1. The number of allylic oxidation sites excluding steroid dienone is 2. The molecule has 2 N–H and O–H groups in total. The van der Waals surface area contributed by atoms with E-state index >= 15 is 4.79 Å². The molecule has 6 unspecified atom stereocenters. The van der Waals surface area contributed by atoms with E-state index in [1.54, 1.807) is 26.1 Å². The number of nitrogens with zero attached hydrogens (tertiary/aromatic N) is 4.